The second-order valence-corrected chi connectivity index (χ2v) is 4.00. The van der Waals surface area contributed by atoms with Crippen molar-refractivity contribution < 1.29 is 0 Å². The fraction of sp³-hybridized carbons (Fsp3) is 0.625. The van der Waals surface area contributed by atoms with Gasteiger partial charge in [0.2, 0.25) is 0 Å². The quantitative estimate of drug-likeness (QED) is 0.651. The Morgan fingerprint density at radius 2 is 1.29 bits per heavy atom. The highest BCUT2D eigenvalue weighted by atomic mass is 14.5. The number of hydrogen-bond acceptors (Lipinski definition) is 1. The molecule has 2 N–H and O–H groups in total. The summed E-state index contributed by atoms with van der Waals surface area (Å²) < 4.78 is 0. The molecule has 98 valence electrons. The van der Waals surface area contributed by atoms with Crippen LogP contribution < -0.4 is 5.73 Å². The van der Waals surface area contributed by atoms with Gasteiger partial charge in [-0.15, -0.1) is 0 Å². The van der Waals surface area contributed by atoms with Crippen molar-refractivity contribution in [2.24, 2.45) is 0 Å². The molecule has 0 aliphatic heterocycles. The van der Waals surface area contributed by atoms with Gasteiger partial charge in [0.05, 0.1) is 0 Å². The molecule has 2 rings (SSSR count). The monoisotopic (exact) mass is 235 g/mol. The summed E-state index contributed by atoms with van der Waals surface area (Å²) in [5, 5.41) is 0. The van der Waals surface area contributed by atoms with Crippen molar-refractivity contribution in [3.8, 4) is 0 Å². The van der Waals surface area contributed by atoms with Gasteiger partial charge in [0.15, 0.2) is 0 Å². The molecule has 1 aromatic carbocycles. The fourth-order valence-electron chi connectivity index (χ4n) is 2.20. The van der Waals surface area contributed by atoms with Gasteiger partial charge in [-0.25, -0.2) is 0 Å². The first kappa shape index (κ1) is 16.0. The second kappa shape index (κ2) is 10.2. The van der Waals surface area contributed by atoms with Gasteiger partial charge in [-0.05, 0) is 36.5 Å². The minimum absolute atomic E-state index is 0.800. The molecule has 1 fully saturated rings. The first-order valence-electron chi connectivity index (χ1n) is 7.22. The second-order valence-electron chi connectivity index (χ2n) is 4.00. The molecule has 1 saturated carbocycles. The Labute approximate surface area is 107 Å². The largest absolute Gasteiger partial charge is 0.399 e. The summed E-state index contributed by atoms with van der Waals surface area (Å²) in [4.78, 5) is 0. The molecule has 0 unspecified atom stereocenters. The first-order valence-corrected chi connectivity index (χ1v) is 7.22. The van der Waals surface area contributed by atoms with Crippen molar-refractivity contribution >= 4 is 5.69 Å². The van der Waals surface area contributed by atoms with Crippen LogP contribution in [0.2, 0.25) is 0 Å². The van der Waals surface area contributed by atoms with Crippen LogP contribution >= 0.6 is 0 Å². The molecule has 1 aromatic rings. The van der Waals surface area contributed by atoms with Gasteiger partial charge in [-0.1, -0.05) is 59.1 Å². The van der Waals surface area contributed by atoms with E-state index in [-0.39, 0.29) is 0 Å². The maximum Gasteiger partial charge on any atom is 0.0314 e. The van der Waals surface area contributed by atoms with Crippen LogP contribution in [0.4, 0.5) is 5.69 Å². The molecule has 0 atom stereocenters. The molecule has 0 heterocycles. The molecule has 1 aliphatic rings. The predicted molar refractivity (Wildman–Crippen MR) is 79.4 cm³/mol. The van der Waals surface area contributed by atoms with Crippen molar-refractivity contribution in [1.29, 1.82) is 0 Å². The summed E-state index contributed by atoms with van der Waals surface area (Å²) >= 11 is 0. The van der Waals surface area contributed by atoms with E-state index >= 15 is 0 Å². The lowest BCUT2D eigenvalue weighted by Crippen LogP contribution is -2.04. The van der Waals surface area contributed by atoms with Gasteiger partial charge in [0.25, 0.3) is 0 Å². The van der Waals surface area contributed by atoms with E-state index in [1.54, 1.807) is 0 Å². The van der Waals surface area contributed by atoms with E-state index in [2.05, 4.69) is 12.1 Å². The molecule has 0 radical (unpaired) electrons. The summed E-state index contributed by atoms with van der Waals surface area (Å²) in [5.41, 5.74) is 8.01. The third kappa shape index (κ3) is 5.76. The lowest BCUT2D eigenvalue weighted by Gasteiger charge is -2.21. The van der Waals surface area contributed by atoms with Crippen molar-refractivity contribution in [3.05, 3.63) is 29.8 Å². The van der Waals surface area contributed by atoms with Gasteiger partial charge in [0.1, 0.15) is 0 Å². The van der Waals surface area contributed by atoms with Crippen LogP contribution in [0.1, 0.15) is 71.3 Å². The smallest absolute Gasteiger partial charge is 0.0314 e. The highest BCUT2D eigenvalue weighted by molar-refractivity contribution is 5.40. The zero-order valence-corrected chi connectivity index (χ0v) is 12.0. The number of nitrogen functional groups attached to an aromatic ring is 1. The molecule has 1 nitrogen and oxygen atoms in total. The normalized spacial score (nSPS) is 15.1. The number of rotatable bonds is 1. The van der Waals surface area contributed by atoms with Crippen molar-refractivity contribution in [2.75, 3.05) is 5.73 Å². The first-order chi connectivity index (χ1) is 8.36. The van der Waals surface area contributed by atoms with E-state index in [1.807, 2.05) is 39.8 Å². The molecule has 0 saturated heterocycles. The van der Waals surface area contributed by atoms with E-state index < -0.39 is 0 Å². The van der Waals surface area contributed by atoms with Crippen LogP contribution in [0.3, 0.4) is 0 Å². The average molecular weight is 235 g/mol. The van der Waals surface area contributed by atoms with E-state index in [0.717, 1.165) is 11.6 Å². The van der Waals surface area contributed by atoms with Crippen molar-refractivity contribution in [1.82, 2.24) is 0 Å². The van der Waals surface area contributed by atoms with E-state index in [1.165, 1.54) is 37.7 Å². The SMILES string of the molecule is CC.CC.Nc1ccc(C2CCCCC2)cc1. The maximum absolute atomic E-state index is 5.66. The van der Waals surface area contributed by atoms with Crippen LogP contribution in [0.25, 0.3) is 0 Å². The Hall–Kier alpha value is -0.980. The van der Waals surface area contributed by atoms with E-state index in [4.69, 9.17) is 5.73 Å². The van der Waals surface area contributed by atoms with Crippen LogP contribution in [-0.4, -0.2) is 0 Å². The summed E-state index contributed by atoms with van der Waals surface area (Å²) in [7, 11) is 0. The highest BCUT2D eigenvalue weighted by Crippen LogP contribution is 2.32. The Morgan fingerprint density at radius 1 is 0.824 bits per heavy atom. The van der Waals surface area contributed by atoms with Crippen LogP contribution in [0, 0.1) is 0 Å². The zero-order chi connectivity index (χ0) is 13.1. The molecular weight excluding hydrogens is 206 g/mol. The predicted octanol–water partition coefficient (Wildman–Crippen LogP) is 5.37. The van der Waals surface area contributed by atoms with E-state index in [0.29, 0.717) is 0 Å². The van der Waals surface area contributed by atoms with Crippen LogP contribution in [0.15, 0.2) is 24.3 Å². The van der Waals surface area contributed by atoms with Gasteiger partial charge in [-0.3, -0.25) is 0 Å². The van der Waals surface area contributed by atoms with Crippen molar-refractivity contribution in [3.63, 3.8) is 0 Å². The number of hydrogen-bond donors (Lipinski definition) is 1. The number of benzene rings is 1. The molecule has 17 heavy (non-hydrogen) atoms. The Balaban J connectivity index is 0.000000581. The topological polar surface area (TPSA) is 26.0 Å². The lowest BCUT2D eigenvalue weighted by atomic mass is 9.84. The molecule has 1 heteroatoms. The Kier molecular flexibility index (Phi) is 9.60. The van der Waals surface area contributed by atoms with E-state index in [9.17, 15) is 0 Å². The summed E-state index contributed by atoms with van der Waals surface area (Å²) in [5.74, 6) is 0.800. The Morgan fingerprint density at radius 3 is 1.76 bits per heavy atom. The standard InChI is InChI=1S/C12H17N.2C2H6/c13-12-8-6-11(7-9-12)10-4-2-1-3-5-10;2*1-2/h6-10H,1-5,13H2;2*1-2H3. The molecule has 0 spiro atoms. The van der Waals surface area contributed by atoms with Gasteiger partial charge in [-0.2, -0.15) is 0 Å². The third-order valence-electron chi connectivity index (χ3n) is 3.01. The van der Waals surface area contributed by atoms with Gasteiger partial charge < -0.3 is 5.73 Å². The van der Waals surface area contributed by atoms with Gasteiger partial charge >= 0.3 is 0 Å². The molecule has 0 aromatic heterocycles. The lowest BCUT2D eigenvalue weighted by molar-refractivity contribution is 0.443. The third-order valence-corrected chi connectivity index (χ3v) is 3.01. The molecular formula is C16H29N. The highest BCUT2D eigenvalue weighted by Gasteiger charge is 2.14. The summed E-state index contributed by atoms with van der Waals surface area (Å²) in [6.45, 7) is 8.00. The minimum atomic E-state index is 0.800. The van der Waals surface area contributed by atoms with Crippen LogP contribution in [0.5, 0.6) is 0 Å². The Bertz CT molecular complexity index is 257. The average Bonchev–Trinajstić information content (AvgIpc) is 2.45. The van der Waals surface area contributed by atoms with Gasteiger partial charge in [0, 0.05) is 5.69 Å². The number of anilines is 1. The minimum Gasteiger partial charge on any atom is -0.399 e. The summed E-state index contributed by atoms with van der Waals surface area (Å²) in [6, 6.07) is 8.41. The molecule has 0 amide bonds. The van der Waals surface area contributed by atoms with Crippen LogP contribution in [-0.2, 0) is 0 Å². The number of nitrogens with two attached hydrogens (primary N) is 1. The molecule has 0 bridgehead atoms. The zero-order valence-electron chi connectivity index (χ0n) is 12.0. The summed E-state index contributed by atoms with van der Waals surface area (Å²) in [6.07, 6.45) is 6.95. The molecule has 1 aliphatic carbocycles. The fourth-order valence-corrected chi connectivity index (χ4v) is 2.20. The van der Waals surface area contributed by atoms with Crippen molar-refractivity contribution in [2.45, 2.75) is 65.7 Å². The maximum atomic E-state index is 5.66.